The molecule has 1 atom stereocenters. The second-order valence-electron chi connectivity index (χ2n) is 7.45. The molecule has 1 unspecified atom stereocenters. The van der Waals surface area contributed by atoms with Crippen LogP contribution in [0.15, 0.2) is 18.2 Å². The Hall–Kier alpha value is -1.02. The third kappa shape index (κ3) is 2.85. The van der Waals surface area contributed by atoms with E-state index in [0.717, 1.165) is 24.7 Å². The van der Waals surface area contributed by atoms with Gasteiger partial charge in [-0.15, -0.1) is 0 Å². The van der Waals surface area contributed by atoms with Crippen molar-refractivity contribution in [2.24, 2.45) is 5.41 Å². The summed E-state index contributed by atoms with van der Waals surface area (Å²) in [6, 6.07) is 7.20. The van der Waals surface area contributed by atoms with Gasteiger partial charge in [0.15, 0.2) is 0 Å². The Bertz CT molecular complexity index is 478. The Morgan fingerprint density at radius 1 is 1.20 bits per heavy atom. The Morgan fingerprint density at radius 3 is 2.90 bits per heavy atom. The lowest BCUT2D eigenvalue weighted by molar-refractivity contribution is 0.159. The Balaban J connectivity index is 1.71. The number of nitrogen functional groups attached to an aromatic ring is 1. The van der Waals surface area contributed by atoms with Gasteiger partial charge in [0.05, 0.1) is 0 Å². The fraction of sp³-hybridized carbons (Fsp3) is 0.667. The maximum atomic E-state index is 6.11. The van der Waals surface area contributed by atoms with Crippen LogP contribution in [-0.4, -0.2) is 17.5 Å². The van der Waals surface area contributed by atoms with Crippen LogP contribution in [0.3, 0.4) is 0 Å². The molecule has 1 aliphatic carbocycles. The van der Waals surface area contributed by atoms with Crippen molar-refractivity contribution in [1.29, 1.82) is 0 Å². The lowest BCUT2D eigenvalue weighted by atomic mass is 9.85. The second-order valence-corrected chi connectivity index (χ2v) is 7.45. The average Bonchev–Trinajstić information content (AvgIpc) is 2.60. The van der Waals surface area contributed by atoms with Crippen LogP contribution in [0.5, 0.6) is 0 Å². The van der Waals surface area contributed by atoms with E-state index in [1.807, 2.05) is 6.07 Å². The van der Waals surface area contributed by atoms with Crippen LogP contribution >= 0.6 is 0 Å². The minimum Gasteiger partial charge on any atom is -0.398 e. The third-order valence-corrected chi connectivity index (χ3v) is 5.39. The van der Waals surface area contributed by atoms with Gasteiger partial charge in [0, 0.05) is 24.8 Å². The summed E-state index contributed by atoms with van der Waals surface area (Å²) in [5.41, 5.74) is 10.5. The number of hydrogen-bond donors (Lipinski definition) is 1. The van der Waals surface area contributed by atoms with Crippen molar-refractivity contribution in [3.8, 4) is 0 Å². The van der Waals surface area contributed by atoms with Crippen molar-refractivity contribution >= 4 is 5.69 Å². The van der Waals surface area contributed by atoms with Gasteiger partial charge in [-0.3, -0.25) is 4.90 Å². The molecule has 1 aliphatic heterocycles. The molecule has 1 aromatic rings. The van der Waals surface area contributed by atoms with E-state index < -0.39 is 0 Å². The molecule has 2 aliphatic rings. The molecule has 0 aromatic heterocycles. The largest absolute Gasteiger partial charge is 0.398 e. The molecule has 0 spiro atoms. The van der Waals surface area contributed by atoms with Gasteiger partial charge >= 0.3 is 0 Å². The van der Waals surface area contributed by atoms with E-state index in [0.29, 0.717) is 5.41 Å². The molecule has 110 valence electrons. The molecule has 0 saturated heterocycles. The number of anilines is 1. The van der Waals surface area contributed by atoms with E-state index in [-0.39, 0.29) is 0 Å². The highest BCUT2D eigenvalue weighted by Crippen LogP contribution is 2.36. The van der Waals surface area contributed by atoms with Crippen molar-refractivity contribution in [3.63, 3.8) is 0 Å². The van der Waals surface area contributed by atoms with Crippen molar-refractivity contribution in [1.82, 2.24) is 4.90 Å². The summed E-state index contributed by atoms with van der Waals surface area (Å²) in [4.78, 5) is 2.71. The lowest BCUT2D eigenvalue weighted by Gasteiger charge is -2.36. The minimum absolute atomic E-state index is 0.548. The molecule has 1 aromatic carbocycles. The van der Waals surface area contributed by atoms with Crippen LogP contribution in [-0.2, 0) is 13.0 Å². The Kier molecular flexibility index (Phi) is 3.76. The normalized spacial score (nSPS) is 26.8. The zero-order chi connectivity index (χ0) is 14.2. The molecule has 2 nitrogen and oxygen atoms in total. The first-order valence-electron chi connectivity index (χ1n) is 8.15. The molecule has 20 heavy (non-hydrogen) atoms. The Labute approximate surface area is 123 Å². The van der Waals surface area contributed by atoms with Gasteiger partial charge in [0.25, 0.3) is 0 Å². The van der Waals surface area contributed by atoms with E-state index in [4.69, 9.17) is 5.73 Å². The smallest absolute Gasteiger partial charge is 0.0350 e. The second kappa shape index (κ2) is 5.40. The standard InChI is InChI=1S/C18H28N2/c1-18(2)10-4-6-15(8-11-18)20-12-9-16-14(13-20)5-3-7-17(16)19/h3,5,7,15H,4,6,8-13,19H2,1-2H3. The average molecular weight is 272 g/mol. The van der Waals surface area contributed by atoms with E-state index in [2.05, 4.69) is 30.9 Å². The maximum Gasteiger partial charge on any atom is 0.0350 e. The van der Waals surface area contributed by atoms with Gasteiger partial charge in [0.1, 0.15) is 0 Å². The number of rotatable bonds is 1. The van der Waals surface area contributed by atoms with Crippen LogP contribution in [0.2, 0.25) is 0 Å². The zero-order valence-electron chi connectivity index (χ0n) is 13.0. The molecule has 1 saturated carbocycles. The van der Waals surface area contributed by atoms with Crippen molar-refractivity contribution in [2.45, 2.75) is 65.0 Å². The van der Waals surface area contributed by atoms with Crippen LogP contribution < -0.4 is 5.73 Å². The summed E-state index contributed by atoms with van der Waals surface area (Å²) < 4.78 is 0. The fourth-order valence-electron chi connectivity index (χ4n) is 3.98. The molecular weight excluding hydrogens is 244 g/mol. The van der Waals surface area contributed by atoms with Crippen LogP contribution in [0.25, 0.3) is 0 Å². The predicted octanol–water partition coefficient (Wildman–Crippen LogP) is 3.99. The molecule has 0 bridgehead atoms. The summed E-state index contributed by atoms with van der Waals surface area (Å²) in [5, 5.41) is 0. The fourth-order valence-corrected chi connectivity index (χ4v) is 3.98. The molecule has 3 rings (SSSR count). The number of hydrogen-bond acceptors (Lipinski definition) is 2. The van der Waals surface area contributed by atoms with Crippen LogP contribution in [0, 0.1) is 5.41 Å². The summed E-state index contributed by atoms with van der Waals surface area (Å²) in [6.07, 6.45) is 8.02. The maximum absolute atomic E-state index is 6.11. The van der Waals surface area contributed by atoms with Gasteiger partial charge in [-0.1, -0.05) is 32.4 Å². The van der Waals surface area contributed by atoms with Crippen LogP contribution in [0.1, 0.15) is 57.1 Å². The van der Waals surface area contributed by atoms with Gasteiger partial charge in [-0.2, -0.15) is 0 Å². The highest BCUT2D eigenvalue weighted by Gasteiger charge is 2.29. The molecular formula is C18H28N2. The molecule has 0 amide bonds. The first-order chi connectivity index (χ1) is 9.55. The zero-order valence-corrected chi connectivity index (χ0v) is 13.0. The van der Waals surface area contributed by atoms with Gasteiger partial charge < -0.3 is 5.73 Å². The topological polar surface area (TPSA) is 29.3 Å². The van der Waals surface area contributed by atoms with Gasteiger partial charge in [-0.05, 0) is 54.7 Å². The molecule has 1 heterocycles. The number of benzene rings is 1. The van der Waals surface area contributed by atoms with Crippen LogP contribution in [0.4, 0.5) is 5.69 Å². The van der Waals surface area contributed by atoms with E-state index in [9.17, 15) is 0 Å². The number of fused-ring (bicyclic) bond motifs is 1. The first-order valence-corrected chi connectivity index (χ1v) is 8.15. The lowest BCUT2D eigenvalue weighted by Crippen LogP contribution is -2.39. The quantitative estimate of drug-likeness (QED) is 0.619. The minimum atomic E-state index is 0.548. The number of nitrogens with two attached hydrogens (primary N) is 1. The summed E-state index contributed by atoms with van der Waals surface area (Å²) >= 11 is 0. The molecule has 0 radical (unpaired) electrons. The monoisotopic (exact) mass is 272 g/mol. The van der Waals surface area contributed by atoms with Crippen molar-refractivity contribution < 1.29 is 0 Å². The third-order valence-electron chi connectivity index (χ3n) is 5.39. The SMILES string of the molecule is CC1(C)CCCC(N2CCc3c(N)cccc3C2)CC1. The molecule has 2 N–H and O–H groups in total. The van der Waals surface area contributed by atoms with Gasteiger partial charge in [-0.25, -0.2) is 0 Å². The first kappa shape index (κ1) is 13.9. The Morgan fingerprint density at radius 2 is 2.05 bits per heavy atom. The summed E-state index contributed by atoms with van der Waals surface area (Å²) in [7, 11) is 0. The number of nitrogens with zero attached hydrogens (tertiary/aromatic N) is 1. The highest BCUT2D eigenvalue weighted by atomic mass is 15.2. The molecule has 1 fully saturated rings. The summed E-state index contributed by atoms with van der Waals surface area (Å²) in [5.74, 6) is 0. The van der Waals surface area contributed by atoms with E-state index >= 15 is 0 Å². The van der Waals surface area contributed by atoms with Crippen molar-refractivity contribution in [2.75, 3.05) is 12.3 Å². The highest BCUT2D eigenvalue weighted by molar-refractivity contribution is 5.51. The molecule has 2 heteroatoms. The van der Waals surface area contributed by atoms with Crippen molar-refractivity contribution in [3.05, 3.63) is 29.3 Å². The van der Waals surface area contributed by atoms with E-state index in [1.54, 1.807) is 0 Å². The van der Waals surface area contributed by atoms with E-state index in [1.165, 1.54) is 49.8 Å². The summed E-state index contributed by atoms with van der Waals surface area (Å²) in [6.45, 7) is 7.15. The predicted molar refractivity (Wildman–Crippen MR) is 85.6 cm³/mol. The van der Waals surface area contributed by atoms with Gasteiger partial charge in [0.2, 0.25) is 0 Å².